The second-order valence-electron chi connectivity index (χ2n) is 6.14. The van der Waals surface area contributed by atoms with E-state index in [1.165, 1.54) is 6.42 Å². The van der Waals surface area contributed by atoms with E-state index < -0.39 is 0 Å². The lowest BCUT2D eigenvalue weighted by atomic mass is 10.2. The molecule has 6 nitrogen and oxygen atoms in total. The fourth-order valence-corrected chi connectivity index (χ4v) is 3.00. The number of likely N-dealkylation sites (N-methyl/N-ethyl adjacent to an activating group) is 2. The fraction of sp³-hybridized carbons (Fsp3) is 0.714. The van der Waals surface area contributed by atoms with Crippen molar-refractivity contribution >= 4 is 11.6 Å². The number of rotatable bonds is 4. The number of carbonyl (C=O) groups is 1. The Labute approximate surface area is 119 Å². The monoisotopic (exact) mass is 277 g/mol. The van der Waals surface area contributed by atoms with Gasteiger partial charge in [-0.25, -0.2) is 0 Å². The highest BCUT2D eigenvalue weighted by molar-refractivity contribution is 5.97. The average molecular weight is 277 g/mol. The third-order valence-electron chi connectivity index (χ3n) is 4.52. The van der Waals surface area contributed by atoms with E-state index in [2.05, 4.69) is 22.1 Å². The van der Waals surface area contributed by atoms with Gasteiger partial charge in [-0.2, -0.15) is 5.10 Å². The molecule has 0 aromatic carbocycles. The zero-order valence-corrected chi connectivity index (χ0v) is 12.2. The summed E-state index contributed by atoms with van der Waals surface area (Å²) < 4.78 is 0. The van der Waals surface area contributed by atoms with Gasteiger partial charge in [0.15, 0.2) is 5.69 Å². The molecule has 1 saturated carbocycles. The van der Waals surface area contributed by atoms with Crippen LogP contribution < -0.4 is 5.73 Å². The second-order valence-corrected chi connectivity index (χ2v) is 6.14. The van der Waals surface area contributed by atoms with Gasteiger partial charge in [-0.05, 0) is 39.3 Å². The molecule has 6 heteroatoms. The number of carbonyl (C=O) groups excluding carboxylic acids is 1. The number of H-pyrrole nitrogens is 1. The van der Waals surface area contributed by atoms with Crippen LogP contribution in [0.5, 0.6) is 0 Å². The van der Waals surface area contributed by atoms with Gasteiger partial charge in [-0.15, -0.1) is 0 Å². The second kappa shape index (κ2) is 5.09. The summed E-state index contributed by atoms with van der Waals surface area (Å²) in [5.41, 5.74) is 7.94. The number of nitrogen functional groups attached to an aromatic ring is 1. The first-order chi connectivity index (χ1) is 9.58. The number of aromatic nitrogens is 2. The van der Waals surface area contributed by atoms with Crippen molar-refractivity contribution in [2.75, 3.05) is 32.9 Å². The summed E-state index contributed by atoms with van der Waals surface area (Å²) in [6.07, 6.45) is 4.64. The maximum atomic E-state index is 12.5. The first kappa shape index (κ1) is 13.4. The van der Waals surface area contributed by atoms with Crippen molar-refractivity contribution in [3.63, 3.8) is 0 Å². The molecule has 1 atom stereocenters. The van der Waals surface area contributed by atoms with Gasteiger partial charge in [-0.1, -0.05) is 0 Å². The van der Waals surface area contributed by atoms with Crippen molar-refractivity contribution in [1.82, 2.24) is 20.0 Å². The van der Waals surface area contributed by atoms with Gasteiger partial charge < -0.3 is 15.5 Å². The minimum absolute atomic E-state index is 0.0778. The number of amides is 1. The molecule has 0 spiro atoms. The molecule has 20 heavy (non-hydrogen) atoms. The molecule has 2 heterocycles. The molecule has 3 N–H and O–H groups in total. The van der Waals surface area contributed by atoms with Crippen molar-refractivity contribution < 1.29 is 4.79 Å². The van der Waals surface area contributed by atoms with Crippen LogP contribution in [-0.4, -0.2) is 59.1 Å². The van der Waals surface area contributed by atoms with Gasteiger partial charge in [0.2, 0.25) is 0 Å². The van der Waals surface area contributed by atoms with Crippen molar-refractivity contribution in [2.24, 2.45) is 0 Å². The molecule has 1 amide bonds. The number of nitrogens with one attached hydrogen (secondary N) is 1. The van der Waals surface area contributed by atoms with Crippen LogP contribution in [0.3, 0.4) is 0 Å². The quantitative estimate of drug-likeness (QED) is 0.862. The highest BCUT2D eigenvalue weighted by Gasteiger charge is 2.32. The number of nitrogens with zero attached hydrogens (tertiary/aromatic N) is 3. The molecule has 0 bridgehead atoms. The van der Waals surface area contributed by atoms with E-state index in [0.717, 1.165) is 38.0 Å². The summed E-state index contributed by atoms with van der Waals surface area (Å²) in [6, 6.07) is 0.451. The standard InChI is InChI=1S/C14H23N5O/c1-18-7-3-4-10(18)8-19(2)14(20)13-11(15)12(16-17-13)9-5-6-9/h9-10H,3-8,15H2,1-2H3,(H,16,17). The fourth-order valence-electron chi connectivity index (χ4n) is 3.00. The van der Waals surface area contributed by atoms with Gasteiger partial charge in [0.25, 0.3) is 5.91 Å². The number of hydrogen-bond donors (Lipinski definition) is 2. The van der Waals surface area contributed by atoms with Gasteiger partial charge >= 0.3 is 0 Å². The third kappa shape index (κ3) is 2.40. The van der Waals surface area contributed by atoms with Crippen molar-refractivity contribution in [2.45, 2.75) is 37.6 Å². The molecule has 2 fully saturated rings. The minimum atomic E-state index is -0.0778. The summed E-state index contributed by atoms with van der Waals surface area (Å²) in [5, 5.41) is 7.08. The van der Waals surface area contributed by atoms with Gasteiger partial charge in [0.05, 0.1) is 11.4 Å². The first-order valence-corrected chi connectivity index (χ1v) is 7.37. The molecular weight excluding hydrogens is 254 g/mol. The number of likely N-dealkylation sites (tertiary alicyclic amines) is 1. The van der Waals surface area contributed by atoms with E-state index in [1.807, 2.05) is 7.05 Å². The van der Waals surface area contributed by atoms with Gasteiger partial charge in [-0.3, -0.25) is 9.89 Å². The molecule has 1 aromatic rings. The third-order valence-corrected chi connectivity index (χ3v) is 4.52. The van der Waals surface area contributed by atoms with Crippen LogP contribution in [0.4, 0.5) is 5.69 Å². The Balaban J connectivity index is 1.68. The molecule has 110 valence electrons. The summed E-state index contributed by atoms with van der Waals surface area (Å²) in [4.78, 5) is 16.5. The van der Waals surface area contributed by atoms with E-state index in [-0.39, 0.29) is 5.91 Å². The molecular formula is C14H23N5O. The average Bonchev–Trinajstić information content (AvgIpc) is 3.09. The van der Waals surface area contributed by atoms with Crippen molar-refractivity contribution in [3.8, 4) is 0 Å². The number of anilines is 1. The number of aromatic amines is 1. The highest BCUT2D eigenvalue weighted by Crippen LogP contribution is 2.42. The maximum absolute atomic E-state index is 12.5. The van der Waals surface area contributed by atoms with E-state index in [0.29, 0.717) is 23.3 Å². The molecule has 1 aromatic heterocycles. The summed E-state index contributed by atoms with van der Waals surface area (Å²) >= 11 is 0. The molecule has 0 radical (unpaired) electrons. The van der Waals surface area contributed by atoms with Crippen LogP contribution in [0.15, 0.2) is 0 Å². The smallest absolute Gasteiger partial charge is 0.276 e. The Hall–Kier alpha value is -1.56. The topological polar surface area (TPSA) is 78.2 Å². The van der Waals surface area contributed by atoms with Crippen LogP contribution in [-0.2, 0) is 0 Å². The van der Waals surface area contributed by atoms with E-state index >= 15 is 0 Å². The zero-order chi connectivity index (χ0) is 14.3. The largest absolute Gasteiger partial charge is 0.395 e. The number of nitrogens with two attached hydrogens (primary N) is 1. The predicted octanol–water partition coefficient (Wildman–Crippen LogP) is 1.04. The van der Waals surface area contributed by atoms with Crippen LogP contribution in [0.2, 0.25) is 0 Å². The molecule has 1 saturated heterocycles. The Bertz CT molecular complexity index is 508. The summed E-state index contributed by atoms with van der Waals surface area (Å²) in [5.74, 6) is 0.404. The molecule has 3 rings (SSSR count). The predicted molar refractivity (Wildman–Crippen MR) is 77.6 cm³/mol. The Morgan fingerprint density at radius 1 is 1.50 bits per heavy atom. The lowest BCUT2D eigenvalue weighted by Gasteiger charge is -2.25. The maximum Gasteiger partial charge on any atom is 0.276 e. The molecule has 2 aliphatic rings. The Morgan fingerprint density at radius 2 is 2.25 bits per heavy atom. The minimum Gasteiger partial charge on any atom is -0.395 e. The lowest BCUT2D eigenvalue weighted by molar-refractivity contribution is 0.0756. The molecule has 1 aliphatic heterocycles. The Morgan fingerprint density at radius 3 is 2.85 bits per heavy atom. The van der Waals surface area contributed by atoms with Crippen LogP contribution in [0.25, 0.3) is 0 Å². The van der Waals surface area contributed by atoms with Gasteiger partial charge in [0.1, 0.15) is 0 Å². The lowest BCUT2D eigenvalue weighted by Crippen LogP contribution is -2.39. The summed E-state index contributed by atoms with van der Waals surface area (Å²) in [7, 11) is 3.95. The summed E-state index contributed by atoms with van der Waals surface area (Å²) in [6.45, 7) is 1.85. The molecule has 1 aliphatic carbocycles. The van der Waals surface area contributed by atoms with Crippen LogP contribution in [0.1, 0.15) is 47.8 Å². The van der Waals surface area contributed by atoms with E-state index in [9.17, 15) is 4.79 Å². The Kier molecular flexibility index (Phi) is 3.41. The normalized spacial score (nSPS) is 23.2. The SMILES string of the molecule is CN(CC1CCCN1C)C(=O)c1n[nH]c(C2CC2)c1N. The number of hydrogen-bond acceptors (Lipinski definition) is 4. The van der Waals surface area contributed by atoms with Crippen LogP contribution in [0, 0.1) is 0 Å². The zero-order valence-electron chi connectivity index (χ0n) is 12.2. The van der Waals surface area contributed by atoms with Gasteiger partial charge in [0, 0.05) is 25.6 Å². The van der Waals surface area contributed by atoms with Crippen molar-refractivity contribution in [3.05, 3.63) is 11.4 Å². The van der Waals surface area contributed by atoms with E-state index in [1.54, 1.807) is 4.90 Å². The first-order valence-electron chi connectivity index (χ1n) is 7.37. The van der Waals surface area contributed by atoms with E-state index in [4.69, 9.17) is 5.73 Å². The van der Waals surface area contributed by atoms with Crippen molar-refractivity contribution in [1.29, 1.82) is 0 Å². The highest BCUT2D eigenvalue weighted by atomic mass is 16.2. The van der Waals surface area contributed by atoms with Crippen LogP contribution >= 0.6 is 0 Å². The molecule has 1 unspecified atom stereocenters.